The number of hydrogen-bond donors (Lipinski definition) is 1. The van der Waals surface area contributed by atoms with Crippen LogP contribution in [0.2, 0.25) is 0 Å². The molecule has 4 heteroatoms. The highest BCUT2D eigenvalue weighted by Gasteiger charge is 2.06. The van der Waals surface area contributed by atoms with E-state index < -0.39 is 0 Å². The fraction of sp³-hybridized carbons (Fsp3) is 0.273. The van der Waals surface area contributed by atoms with Crippen molar-refractivity contribution in [2.24, 2.45) is 5.73 Å². The second-order valence-corrected chi connectivity index (χ2v) is 3.32. The van der Waals surface area contributed by atoms with Crippen LogP contribution in [0.15, 0.2) is 18.3 Å². The minimum absolute atomic E-state index is 0.287. The first kappa shape index (κ1) is 11.5. The van der Waals surface area contributed by atoms with E-state index in [-0.39, 0.29) is 4.99 Å². The number of pyridine rings is 1. The van der Waals surface area contributed by atoms with Crippen LogP contribution >= 0.6 is 12.2 Å². The third kappa shape index (κ3) is 3.56. The Morgan fingerprint density at radius 1 is 1.67 bits per heavy atom. The Hall–Kier alpha value is -1.60. The SMILES string of the molecule is C#CCCCOc1ncccc1C(N)=S. The summed E-state index contributed by atoms with van der Waals surface area (Å²) in [5, 5.41) is 0. The lowest BCUT2D eigenvalue weighted by Crippen LogP contribution is -2.12. The van der Waals surface area contributed by atoms with Gasteiger partial charge < -0.3 is 10.5 Å². The van der Waals surface area contributed by atoms with Crippen molar-refractivity contribution >= 4 is 17.2 Å². The van der Waals surface area contributed by atoms with Crippen molar-refractivity contribution in [3.05, 3.63) is 23.9 Å². The molecule has 1 aromatic rings. The van der Waals surface area contributed by atoms with E-state index in [0.717, 1.165) is 6.42 Å². The molecule has 0 spiro atoms. The Bertz CT molecular complexity index is 384. The minimum atomic E-state index is 0.287. The van der Waals surface area contributed by atoms with Gasteiger partial charge in [0.25, 0.3) is 0 Å². The highest BCUT2D eigenvalue weighted by atomic mass is 32.1. The first-order valence-electron chi connectivity index (χ1n) is 4.56. The molecule has 0 amide bonds. The number of terminal acetylenes is 1. The summed E-state index contributed by atoms with van der Waals surface area (Å²) in [4.78, 5) is 4.34. The Morgan fingerprint density at radius 2 is 2.47 bits per heavy atom. The number of nitrogens with two attached hydrogens (primary N) is 1. The topological polar surface area (TPSA) is 48.1 Å². The first-order valence-corrected chi connectivity index (χ1v) is 4.97. The summed E-state index contributed by atoms with van der Waals surface area (Å²) in [6.07, 6.45) is 8.25. The molecule has 0 aliphatic rings. The number of nitrogens with zero attached hydrogens (tertiary/aromatic N) is 1. The summed E-state index contributed by atoms with van der Waals surface area (Å²) in [6, 6.07) is 3.55. The first-order chi connectivity index (χ1) is 7.25. The zero-order valence-electron chi connectivity index (χ0n) is 8.27. The Labute approximate surface area is 94.7 Å². The largest absolute Gasteiger partial charge is 0.477 e. The van der Waals surface area contributed by atoms with Gasteiger partial charge in [-0.15, -0.1) is 12.3 Å². The molecule has 0 radical (unpaired) electrons. The highest BCUT2D eigenvalue weighted by Crippen LogP contribution is 2.14. The van der Waals surface area contributed by atoms with E-state index in [4.69, 9.17) is 29.1 Å². The number of thiocarbonyl (C=S) groups is 1. The van der Waals surface area contributed by atoms with Crippen LogP contribution in [0.25, 0.3) is 0 Å². The third-order valence-corrected chi connectivity index (χ3v) is 1.96. The Balaban J connectivity index is 2.60. The van der Waals surface area contributed by atoms with Gasteiger partial charge >= 0.3 is 0 Å². The van der Waals surface area contributed by atoms with Crippen LogP contribution in [0.4, 0.5) is 0 Å². The van der Waals surface area contributed by atoms with Crippen molar-refractivity contribution in [1.82, 2.24) is 4.98 Å². The molecule has 0 saturated carbocycles. The summed E-state index contributed by atoms with van der Waals surface area (Å²) in [5.41, 5.74) is 6.18. The van der Waals surface area contributed by atoms with Crippen LogP contribution in [0.1, 0.15) is 18.4 Å². The van der Waals surface area contributed by atoms with Gasteiger partial charge in [0.2, 0.25) is 5.88 Å². The number of unbranched alkanes of at least 4 members (excludes halogenated alkanes) is 1. The predicted octanol–water partition coefficient (Wildman–Crippen LogP) is 1.51. The molecule has 3 nitrogen and oxygen atoms in total. The molecule has 15 heavy (non-hydrogen) atoms. The lowest BCUT2D eigenvalue weighted by Gasteiger charge is -2.07. The van der Waals surface area contributed by atoms with Crippen LogP contribution in [0, 0.1) is 12.3 Å². The average Bonchev–Trinajstić information content (AvgIpc) is 2.25. The van der Waals surface area contributed by atoms with Crippen molar-refractivity contribution in [2.75, 3.05) is 6.61 Å². The van der Waals surface area contributed by atoms with Gasteiger partial charge in [-0.3, -0.25) is 0 Å². The predicted molar refractivity (Wildman–Crippen MR) is 63.7 cm³/mol. The summed E-state index contributed by atoms with van der Waals surface area (Å²) in [5.74, 6) is 3.01. The lowest BCUT2D eigenvalue weighted by atomic mass is 10.3. The number of rotatable bonds is 5. The molecule has 0 atom stereocenters. The number of aromatic nitrogens is 1. The maximum atomic E-state index is 5.52. The zero-order chi connectivity index (χ0) is 11.1. The van der Waals surface area contributed by atoms with Gasteiger partial charge in [-0.1, -0.05) is 12.2 Å². The molecule has 0 aliphatic heterocycles. The molecule has 0 bridgehead atoms. The molecule has 0 aromatic carbocycles. The summed E-state index contributed by atoms with van der Waals surface area (Å²) in [7, 11) is 0. The average molecular weight is 220 g/mol. The van der Waals surface area contributed by atoms with Crippen LogP contribution < -0.4 is 10.5 Å². The van der Waals surface area contributed by atoms with Crippen LogP contribution in [0.3, 0.4) is 0 Å². The second kappa shape index (κ2) is 5.99. The van der Waals surface area contributed by atoms with E-state index in [1.54, 1.807) is 18.3 Å². The number of hydrogen-bond acceptors (Lipinski definition) is 3. The van der Waals surface area contributed by atoms with Crippen molar-refractivity contribution in [2.45, 2.75) is 12.8 Å². The summed E-state index contributed by atoms with van der Waals surface area (Å²) in [6.45, 7) is 0.525. The van der Waals surface area contributed by atoms with E-state index >= 15 is 0 Å². The summed E-state index contributed by atoms with van der Waals surface area (Å²) < 4.78 is 5.43. The number of ether oxygens (including phenoxy) is 1. The molecule has 1 aromatic heterocycles. The monoisotopic (exact) mass is 220 g/mol. The van der Waals surface area contributed by atoms with Crippen molar-refractivity contribution in [1.29, 1.82) is 0 Å². The van der Waals surface area contributed by atoms with Gasteiger partial charge in [0, 0.05) is 12.6 Å². The van der Waals surface area contributed by atoms with E-state index in [9.17, 15) is 0 Å². The van der Waals surface area contributed by atoms with Crippen LogP contribution in [-0.4, -0.2) is 16.6 Å². The van der Waals surface area contributed by atoms with Crippen molar-refractivity contribution in [3.8, 4) is 18.2 Å². The zero-order valence-corrected chi connectivity index (χ0v) is 9.09. The normalized spacial score (nSPS) is 9.27. The molecule has 1 heterocycles. The van der Waals surface area contributed by atoms with Crippen molar-refractivity contribution in [3.63, 3.8) is 0 Å². The van der Waals surface area contributed by atoms with Gasteiger partial charge in [0.1, 0.15) is 4.99 Å². The fourth-order valence-electron chi connectivity index (χ4n) is 1.04. The van der Waals surface area contributed by atoms with E-state index in [2.05, 4.69) is 10.9 Å². The van der Waals surface area contributed by atoms with Gasteiger partial charge in [-0.2, -0.15) is 0 Å². The maximum Gasteiger partial charge on any atom is 0.223 e. The highest BCUT2D eigenvalue weighted by molar-refractivity contribution is 7.80. The van der Waals surface area contributed by atoms with E-state index in [1.165, 1.54) is 0 Å². The minimum Gasteiger partial charge on any atom is -0.477 e. The lowest BCUT2D eigenvalue weighted by molar-refractivity contribution is 0.300. The van der Waals surface area contributed by atoms with Gasteiger partial charge in [-0.25, -0.2) is 4.98 Å². The molecule has 0 fully saturated rings. The van der Waals surface area contributed by atoms with E-state index in [1.807, 2.05) is 0 Å². The molecule has 0 unspecified atom stereocenters. The molecule has 78 valence electrons. The van der Waals surface area contributed by atoms with Gasteiger partial charge in [0.05, 0.1) is 12.2 Å². The van der Waals surface area contributed by atoms with Gasteiger partial charge in [0.15, 0.2) is 0 Å². The molecule has 2 N–H and O–H groups in total. The fourth-order valence-corrected chi connectivity index (χ4v) is 1.19. The Kier molecular flexibility index (Phi) is 4.58. The molecule has 0 aliphatic carbocycles. The quantitative estimate of drug-likeness (QED) is 0.464. The smallest absolute Gasteiger partial charge is 0.223 e. The van der Waals surface area contributed by atoms with Crippen LogP contribution in [-0.2, 0) is 0 Å². The Morgan fingerprint density at radius 3 is 3.13 bits per heavy atom. The third-order valence-electron chi connectivity index (χ3n) is 1.74. The standard InChI is InChI=1S/C11H12N2OS/c1-2-3-4-8-14-11-9(10(12)15)6-5-7-13-11/h1,5-7H,3-4,8H2,(H2,12,15). The molecular formula is C11H12N2OS. The van der Waals surface area contributed by atoms with Gasteiger partial charge in [-0.05, 0) is 18.6 Å². The second-order valence-electron chi connectivity index (χ2n) is 2.88. The summed E-state index contributed by atoms with van der Waals surface area (Å²) >= 11 is 4.88. The van der Waals surface area contributed by atoms with E-state index in [0.29, 0.717) is 24.5 Å². The molecule has 1 rings (SSSR count). The van der Waals surface area contributed by atoms with Crippen LogP contribution in [0.5, 0.6) is 5.88 Å². The van der Waals surface area contributed by atoms with Crippen molar-refractivity contribution < 1.29 is 4.74 Å². The molecule has 0 saturated heterocycles. The maximum absolute atomic E-state index is 5.52. The molecular weight excluding hydrogens is 208 g/mol.